The van der Waals surface area contributed by atoms with Gasteiger partial charge in [0, 0.05) is 45.8 Å². The zero-order valence-corrected chi connectivity index (χ0v) is 21.2. The molecule has 2 aliphatic rings. The van der Waals surface area contributed by atoms with Gasteiger partial charge in [-0.05, 0) is 43.0 Å². The van der Waals surface area contributed by atoms with Gasteiger partial charge >= 0.3 is 5.97 Å². The molecule has 38 heavy (non-hydrogen) atoms. The molecule has 13 nitrogen and oxygen atoms in total. The molecule has 13 heteroatoms. The number of nitrogens with two attached hydrogens (primary N) is 1. The molecule has 0 saturated carbocycles. The second-order valence-corrected chi connectivity index (χ2v) is 9.62. The quantitative estimate of drug-likeness (QED) is 0.370. The van der Waals surface area contributed by atoms with Crippen LogP contribution in [0.5, 0.6) is 0 Å². The molecule has 0 bridgehead atoms. The summed E-state index contributed by atoms with van der Waals surface area (Å²) in [7, 11) is 1.37. The summed E-state index contributed by atoms with van der Waals surface area (Å²) in [6, 6.07) is 9.05. The molecule has 0 amide bonds. The van der Waals surface area contributed by atoms with Gasteiger partial charge in [0.2, 0.25) is 17.7 Å². The Morgan fingerprint density at radius 2 is 1.92 bits per heavy atom. The van der Waals surface area contributed by atoms with Crippen molar-refractivity contribution in [2.45, 2.75) is 12.8 Å². The fraction of sp³-hybridized carbons (Fsp3) is 0.440. The van der Waals surface area contributed by atoms with Crippen LogP contribution in [-0.4, -0.2) is 93.3 Å². The standard InChI is InChI=1S/C25H30N10O3/c1-37-22(36)18-6-2-8-20(27-18)33-12-10-32(11-13-33)15-17-5-3-9-34(16-17)24-29-23(26)35-25(30-24)28-21(31-35)19-7-4-14-38-19/h2,4,6-8,14,17H,3,5,9-13,15-16H2,1H3,(H2,26,28,29,30,31)/t17-/m0/s1. The van der Waals surface area contributed by atoms with E-state index >= 15 is 0 Å². The smallest absolute Gasteiger partial charge is 0.356 e. The highest BCUT2D eigenvalue weighted by molar-refractivity contribution is 5.87. The van der Waals surface area contributed by atoms with Crippen LogP contribution in [-0.2, 0) is 4.74 Å². The first-order chi connectivity index (χ1) is 18.6. The Balaban J connectivity index is 1.08. The molecule has 0 spiro atoms. The van der Waals surface area contributed by atoms with E-state index in [9.17, 15) is 4.79 Å². The molecule has 4 aromatic rings. The van der Waals surface area contributed by atoms with Gasteiger partial charge in [0.05, 0.1) is 13.4 Å². The van der Waals surface area contributed by atoms with Crippen LogP contribution in [0.15, 0.2) is 41.0 Å². The van der Waals surface area contributed by atoms with Crippen molar-refractivity contribution in [1.82, 2.24) is 34.4 Å². The van der Waals surface area contributed by atoms with Gasteiger partial charge < -0.3 is 24.7 Å². The number of carbonyl (C=O) groups is 1. The van der Waals surface area contributed by atoms with Gasteiger partial charge in [0.15, 0.2) is 11.5 Å². The molecule has 2 saturated heterocycles. The first-order valence-corrected chi connectivity index (χ1v) is 12.8. The summed E-state index contributed by atoms with van der Waals surface area (Å²) in [6.45, 7) is 6.32. The number of piperazine rings is 1. The maximum absolute atomic E-state index is 11.8. The number of anilines is 3. The second-order valence-electron chi connectivity index (χ2n) is 9.62. The van der Waals surface area contributed by atoms with E-state index in [4.69, 9.17) is 14.9 Å². The Morgan fingerprint density at radius 1 is 1.05 bits per heavy atom. The molecular weight excluding hydrogens is 488 g/mol. The summed E-state index contributed by atoms with van der Waals surface area (Å²) in [5.74, 6) is 3.11. The lowest BCUT2D eigenvalue weighted by atomic mass is 9.97. The lowest BCUT2D eigenvalue weighted by Gasteiger charge is -2.39. The third kappa shape index (κ3) is 4.84. The number of fused-ring (bicyclic) bond motifs is 1. The largest absolute Gasteiger partial charge is 0.464 e. The van der Waals surface area contributed by atoms with Crippen molar-refractivity contribution in [3.63, 3.8) is 0 Å². The van der Waals surface area contributed by atoms with E-state index < -0.39 is 5.97 Å². The van der Waals surface area contributed by atoms with Gasteiger partial charge in [0.25, 0.3) is 5.78 Å². The predicted molar refractivity (Wildman–Crippen MR) is 140 cm³/mol. The number of aromatic nitrogens is 6. The summed E-state index contributed by atoms with van der Waals surface area (Å²) in [4.78, 5) is 36.9. The zero-order chi connectivity index (χ0) is 26.1. The number of carbonyl (C=O) groups excluding carboxylic acids is 1. The minimum Gasteiger partial charge on any atom is -0.464 e. The van der Waals surface area contributed by atoms with Gasteiger partial charge in [-0.15, -0.1) is 5.10 Å². The van der Waals surface area contributed by atoms with Crippen molar-refractivity contribution >= 4 is 29.5 Å². The van der Waals surface area contributed by atoms with Gasteiger partial charge in [-0.1, -0.05) is 6.07 Å². The molecule has 4 aromatic heterocycles. The average molecular weight is 519 g/mol. The third-order valence-electron chi connectivity index (χ3n) is 7.11. The van der Waals surface area contributed by atoms with Gasteiger partial charge in [-0.3, -0.25) is 4.90 Å². The van der Waals surface area contributed by atoms with E-state index in [0.717, 1.165) is 64.5 Å². The number of esters is 1. The number of rotatable bonds is 6. The first kappa shape index (κ1) is 24.1. The number of hydrogen-bond acceptors (Lipinski definition) is 12. The minimum atomic E-state index is -0.417. The molecule has 0 unspecified atom stereocenters. The molecule has 2 N–H and O–H groups in total. The third-order valence-corrected chi connectivity index (χ3v) is 7.11. The Bertz CT molecular complexity index is 1410. The molecular formula is C25H30N10O3. The van der Waals surface area contributed by atoms with Crippen molar-refractivity contribution in [3.8, 4) is 11.6 Å². The van der Waals surface area contributed by atoms with Crippen LogP contribution in [0.1, 0.15) is 23.3 Å². The number of methoxy groups -OCH3 is 1. The number of pyridine rings is 1. The minimum absolute atomic E-state index is 0.249. The summed E-state index contributed by atoms with van der Waals surface area (Å²) in [6.07, 6.45) is 3.80. The monoisotopic (exact) mass is 518 g/mol. The molecule has 2 fully saturated rings. The summed E-state index contributed by atoms with van der Waals surface area (Å²) >= 11 is 0. The van der Waals surface area contributed by atoms with Gasteiger partial charge in [-0.2, -0.15) is 19.5 Å². The van der Waals surface area contributed by atoms with Crippen LogP contribution in [0.4, 0.5) is 17.7 Å². The number of nitrogens with zero attached hydrogens (tertiary/aromatic N) is 9. The molecule has 198 valence electrons. The molecule has 6 rings (SSSR count). The van der Waals surface area contributed by atoms with E-state index in [1.54, 1.807) is 24.5 Å². The average Bonchev–Trinajstić information content (AvgIpc) is 3.64. The number of furan rings is 1. The van der Waals surface area contributed by atoms with E-state index in [1.807, 2.05) is 12.1 Å². The van der Waals surface area contributed by atoms with Crippen LogP contribution in [0.2, 0.25) is 0 Å². The van der Waals surface area contributed by atoms with Crippen LogP contribution in [0.25, 0.3) is 17.4 Å². The summed E-state index contributed by atoms with van der Waals surface area (Å²) < 4.78 is 11.7. The SMILES string of the molecule is COC(=O)c1cccc(N2CCN(C[C@@H]3CCCN(c4nc(N)n5nc(-c6ccco6)nc5n4)C3)CC2)n1. The van der Waals surface area contributed by atoms with Crippen molar-refractivity contribution in [3.05, 3.63) is 42.3 Å². The normalized spacial score (nSPS) is 18.7. The molecule has 0 radical (unpaired) electrons. The number of nitrogen functional groups attached to an aromatic ring is 1. The highest BCUT2D eigenvalue weighted by Gasteiger charge is 2.27. The molecule has 6 heterocycles. The number of ether oxygens (including phenoxy) is 1. The van der Waals surface area contributed by atoms with Gasteiger partial charge in [-0.25, -0.2) is 9.78 Å². The Hall–Kier alpha value is -4.26. The van der Waals surface area contributed by atoms with Gasteiger partial charge in [0.1, 0.15) is 5.82 Å². The topological polar surface area (TPSA) is 144 Å². The van der Waals surface area contributed by atoms with Crippen LogP contribution in [0.3, 0.4) is 0 Å². The van der Waals surface area contributed by atoms with E-state index in [0.29, 0.717) is 34.9 Å². The van der Waals surface area contributed by atoms with E-state index in [2.05, 4.69) is 39.7 Å². The number of piperidine rings is 1. The fourth-order valence-electron chi connectivity index (χ4n) is 5.18. The first-order valence-electron chi connectivity index (χ1n) is 12.8. The maximum atomic E-state index is 11.8. The fourth-order valence-corrected chi connectivity index (χ4v) is 5.18. The van der Waals surface area contributed by atoms with E-state index in [1.165, 1.54) is 11.6 Å². The second kappa shape index (κ2) is 10.2. The number of hydrogen-bond donors (Lipinski definition) is 1. The summed E-state index contributed by atoms with van der Waals surface area (Å²) in [5.41, 5.74) is 6.55. The lowest BCUT2D eigenvalue weighted by molar-refractivity contribution is 0.0594. The van der Waals surface area contributed by atoms with Crippen molar-refractivity contribution in [2.75, 3.05) is 68.5 Å². The van der Waals surface area contributed by atoms with Crippen molar-refractivity contribution in [2.24, 2.45) is 5.92 Å². The Kier molecular flexibility index (Phi) is 6.50. The lowest BCUT2D eigenvalue weighted by Crippen LogP contribution is -2.50. The van der Waals surface area contributed by atoms with Crippen LogP contribution < -0.4 is 15.5 Å². The molecule has 0 aromatic carbocycles. The Morgan fingerprint density at radius 3 is 2.71 bits per heavy atom. The van der Waals surface area contributed by atoms with Crippen LogP contribution >= 0.6 is 0 Å². The van der Waals surface area contributed by atoms with Crippen molar-refractivity contribution in [1.29, 1.82) is 0 Å². The highest BCUT2D eigenvalue weighted by atomic mass is 16.5. The highest BCUT2D eigenvalue weighted by Crippen LogP contribution is 2.24. The zero-order valence-electron chi connectivity index (χ0n) is 21.2. The summed E-state index contributed by atoms with van der Waals surface area (Å²) in [5, 5.41) is 4.38. The van der Waals surface area contributed by atoms with Crippen LogP contribution in [0, 0.1) is 5.92 Å². The predicted octanol–water partition coefficient (Wildman–Crippen LogP) is 1.58. The van der Waals surface area contributed by atoms with Crippen molar-refractivity contribution < 1.29 is 13.9 Å². The maximum Gasteiger partial charge on any atom is 0.356 e. The molecule has 0 aliphatic carbocycles. The molecule has 2 aliphatic heterocycles. The Labute approximate surface area is 219 Å². The van der Waals surface area contributed by atoms with E-state index in [-0.39, 0.29) is 5.95 Å². The molecule has 1 atom stereocenters.